The lowest BCUT2D eigenvalue weighted by atomic mass is 10.1. The van der Waals surface area contributed by atoms with Gasteiger partial charge in [0.2, 0.25) is 0 Å². The Labute approximate surface area is 122 Å². The highest BCUT2D eigenvalue weighted by molar-refractivity contribution is 5.97. The van der Waals surface area contributed by atoms with Crippen LogP contribution in [0.2, 0.25) is 0 Å². The minimum Gasteiger partial charge on any atom is -0.338 e. The van der Waals surface area contributed by atoms with Gasteiger partial charge >= 0.3 is 6.03 Å². The van der Waals surface area contributed by atoms with Crippen LogP contribution in [0.3, 0.4) is 0 Å². The first-order valence-electron chi connectivity index (χ1n) is 7.77. The van der Waals surface area contributed by atoms with Gasteiger partial charge in [0, 0.05) is 19.0 Å². The Hall–Kier alpha value is -1.32. The van der Waals surface area contributed by atoms with Crippen molar-refractivity contribution >= 4 is 11.8 Å². The van der Waals surface area contributed by atoms with E-state index in [-0.39, 0.29) is 17.7 Å². The van der Waals surface area contributed by atoms with Crippen LogP contribution in [0.1, 0.15) is 52.4 Å². The third-order valence-corrected chi connectivity index (χ3v) is 3.80. The summed E-state index contributed by atoms with van der Waals surface area (Å²) < 4.78 is 0. The van der Waals surface area contributed by atoms with Gasteiger partial charge in [0.15, 0.2) is 5.78 Å². The van der Waals surface area contributed by atoms with Crippen molar-refractivity contribution < 1.29 is 9.59 Å². The normalized spacial score (nSPS) is 20.3. The lowest BCUT2D eigenvalue weighted by Crippen LogP contribution is -2.36. The van der Waals surface area contributed by atoms with Gasteiger partial charge in [0.25, 0.3) is 0 Å². The van der Waals surface area contributed by atoms with Crippen LogP contribution in [0.4, 0.5) is 4.79 Å². The van der Waals surface area contributed by atoms with Gasteiger partial charge in [0.05, 0.1) is 0 Å². The van der Waals surface area contributed by atoms with E-state index in [4.69, 9.17) is 0 Å². The van der Waals surface area contributed by atoms with Crippen LogP contribution >= 0.6 is 0 Å². The largest absolute Gasteiger partial charge is 0.338 e. The van der Waals surface area contributed by atoms with Crippen LogP contribution in [0, 0.1) is 11.8 Å². The van der Waals surface area contributed by atoms with Crippen molar-refractivity contribution in [1.82, 2.24) is 10.6 Å². The molecule has 1 aliphatic rings. The number of rotatable bonds is 10. The molecular weight excluding hydrogens is 252 g/mol. The Morgan fingerprint density at radius 1 is 1.15 bits per heavy atom. The SMILES string of the molecule is C=C(C)C(=O)C1CC1CCNC(=O)NCCCCCC. The molecule has 0 radical (unpaired) electrons. The molecule has 1 saturated carbocycles. The fraction of sp³-hybridized carbons (Fsp3) is 0.750. The molecule has 0 heterocycles. The number of hydrogen-bond donors (Lipinski definition) is 2. The van der Waals surface area contributed by atoms with E-state index in [1.807, 2.05) is 0 Å². The fourth-order valence-electron chi connectivity index (χ4n) is 2.39. The summed E-state index contributed by atoms with van der Waals surface area (Å²) in [5.41, 5.74) is 0.648. The van der Waals surface area contributed by atoms with Crippen LogP contribution in [-0.2, 0) is 4.79 Å². The van der Waals surface area contributed by atoms with Gasteiger partial charge in [-0.3, -0.25) is 4.79 Å². The molecule has 20 heavy (non-hydrogen) atoms. The molecule has 0 aromatic carbocycles. The van der Waals surface area contributed by atoms with Crippen molar-refractivity contribution in [3.05, 3.63) is 12.2 Å². The molecule has 0 saturated heterocycles. The summed E-state index contributed by atoms with van der Waals surface area (Å²) in [6.07, 6.45) is 6.47. The van der Waals surface area contributed by atoms with Crippen molar-refractivity contribution in [1.29, 1.82) is 0 Å². The van der Waals surface area contributed by atoms with Crippen molar-refractivity contribution in [2.24, 2.45) is 11.8 Å². The molecule has 0 bridgehead atoms. The summed E-state index contributed by atoms with van der Waals surface area (Å²) in [5.74, 6) is 0.783. The standard InChI is InChI=1S/C16H28N2O2/c1-4-5-6-7-9-17-16(20)18-10-8-13-11-14(13)15(19)12(2)3/h13-14H,2,4-11H2,1,3H3,(H2,17,18,20). The molecule has 2 atom stereocenters. The van der Waals surface area contributed by atoms with Gasteiger partial charge in [-0.1, -0.05) is 32.8 Å². The van der Waals surface area contributed by atoms with Gasteiger partial charge in [0.1, 0.15) is 0 Å². The maximum Gasteiger partial charge on any atom is 0.314 e. The first-order valence-corrected chi connectivity index (χ1v) is 7.77. The molecule has 4 heteroatoms. The molecule has 114 valence electrons. The summed E-state index contributed by atoms with van der Waals surface area (Å²) >= 11 is 0. The van der Waals surface area contributed by atoms with Crippen molar-refractivity contribution in [3.63, 3.8) is 0 Å². The lowest BCUT2D eigenvalue weighted by Gasteiger charge is -2.07. The fourth-order valence-corrected chi connectivity index (χ4v) is 2.39. The van der Waals surface area contributed by atoms with Gasteiger partial charge < -0.3 is 10.6 Å². The minimum absolute atomic E-state index is 0.0927. The summed E-state index contributed by atoms with van der Waals surface area (Å²) in [6.45, 7) is 9.01. The van der Waals surface area contributed by atoms with Gasteiger partial charge in [-0.05, 0) is 37.7 Å². The molecule has 1 aliphatic carbocycles. The predicted octanol–water partition coefficient (Wildman–Crippen LogP) is 3.04. The molecule has 2 unspecified atom stereocenters. The number of ketones is 1. The molecule has 1 rings (SSSR count). The second-order valence-corrected chi connectivity index (χ2v) is 5.78. The molecule has 0 spiro atoms. The average molecular weight is 280 g/mol. The molecule has 1 fully saturated rings. The lowest BCUT2D eigenvalue weighted by molar-refractivity contribution is -0.116. The smallest absolute Gasteiger partial charge is 0.314 e. The van der Waals surface area contributed by atoms with Gasteiger partial charge in [-0.15, -0.1) is 0 Å². The monoisotopic (exact) mass is 280 g/mol. The maximum atomic E-state index is 11.6. The number of Topliss-reactive ketones (excluding diaryl/α,β-unsaturated/α-hetero) is 1. The zero-order chi connectivity index (χ0) is 15.0. The number of carbonyl (C=O) groups excluding carboxylic acids is 2. The number of urea groups is 1. The number of unbranched alkanes of at least 4 members (excludes halogenated alkanes) is 3. The number of hydrogen-bond acceptors (Lipinski definition) is 2. The highest BCUT2D eigenvalue weighted by Crippen LogP contribution is 2.42. The minimum atomic E-state index is -0.0927. The van der Waals surface area contributed by atoms with Gasteiger partial charge in [-0.2, -0.15) is 0 Å². The molecule has 0 aromatic rings. The van der Waals surface area contributed by atoms with E-state index < -0.39 is 0 Å². The molecule has 2 N–H and O–H groups in total. The van der Waals surface area contributed by atoms with Crippen LogP contribution in [0.25, 0.3) is 0 Å². The zero-order valence-corrected chi connectivity index (χ0v) is 12.8. The maximum absolute atomic E-state index is 11.6. The highest BCUT2D eigenvalue weighted by atomic mass is 16.2. The Morgan fingerprint density at radius 2 is 1.85 bits per heavy atom. The van der Waals surface area contributed by atoms with E-state index in [0.29, 0.717) is 18.0 Å². The Bertz CT molecular complexity index is 352. The topological polar surface area (TPSA) is 58.2 Å². The van der Waals surface area contributed by atoms with Crippen molar-refractivity contribution in [2.45, 2.75) is 52.4 Å². The first kappa shape index (κ1) is 16.7. The van der Waals surface area contributed by atoms with Crippen molar-refractivity contribution in [3.8, 4) is 0 Å². The van der Waals surface area contributed by atoms with Gasteiger partial charge in [-0.25, -0.2) is 4.79 Å². The molecule has 0 aromatic heterocycles. The number of allylic oxidation sites excluding steroid dienone is 1. The van der Waals surface area contributed by atoms with E-state index in [1.165, 1.54) is 19.3 Å². The van der Waals surface area contributed by atoms with Crippen LogP contribution in [0.5, 0.6) is 0 Å². The van der Waals surface area contributed by atoms with E-state index in [2.05, 4.69) is 24.1 Å². The third-order valence-electron chi connectivity index (χ3n) is 3.80. The Kier molecular flexibility index (Phi) is 7.34. The summed E-state index contributed by atoms with van der Waals surface area (Å²) in [6, 6.07) is -0.0927. The Morgan fingerprint density at radius 3 is 2.50 bits per heavy atom. The molecular formula is C16H28N2O2. The number of carbonyl (C=O) groups is 2. The third kappa shape index (κ3) is 6.22. The van der Waals surface area contributed by atoms with E-state index in [0.717, 1.165) is 25.8 Å². The summed E-state index contributed by atoms with van der Waals surface area (Å²) in [7, 11) is 0. The number of nitrogens with one attached hydrogen (secondary N) is 2. The quantitative estimate of drug-likeness (QED) is 0.477. The summed E-state index contributed by atoms with van der Waals surface area (Å²) in [4.78, 5) is 23.1. The van der Waals surface area contributed by atoms with Crippen LogP contribution < -0.4 is 10.6 Å². The molecule has 4 nitrogen and oxygen atoms in total. The second kappa shape index (κ2) is 8.77. The molecule has 2 amide bonds. The molecule has 0 aliphatic heterocycles. The Balaban J connectivity index is 1.98. The predicted molar refractivity (Wildman–Crippen MR) is 81.6 cm³/mol. The van der Waals surface area contributed by atoms with E-state index >= 15 is 0 Å². The highest BCUT2D eigenvalue weighted by Gasteiger charge is 2.41. The van der Waals surface area contributed by atoms with Crippen LogP contribution in [-0.4, -0.2) is 24.9 Å². The first-order chi connectivity index (χ1) is 9.56. The number of amides is 2. The zero-order valence-electron chi connectivity index (χ0n) is 12.8. The summed E-state index contributed by atoms with van der Waals surface area (Å²) in [5, 5.41) is 5.71. The second-order valence-electron chi connectivity index (χ2n) is 5.78. The van der Waals surface area contributed by atoms with E-state index in [9.17, 15) is 9.59 Å². The van der Waals surface area contributed by atoms with Crippen LogP contribution in [0.15, 0.2) is 12.2 Å². The van der Waals surface area contributed by atoms with Crippen molar-refractivity contribution in [2.75, 3.05) is 13.1 Å². The van der Waals surface area contributed by atoms with E-state index in [1.54, 1.807) is 6.92 Å². The average Bonchev–Trinajstić information content (AvgIpc) is 3.17.